The summed E-state index contributed by atoms with van der Waals surface area (Å²) in [5, 5.41) is 0. The van der Waals surface area contributed by atoms with E-state index in [9.17, 15) is 4.79 Å². The van der Waals surface area contributed by atoms with Gasteiger partial charge in [0, 0.05) is 18.5 Å². The van der Waals surface area contributed by atoms with Gasteiger partial charge in [-0.3, -0.25) is 4.90 Å². The lowest BCUT2D eigenvalue weighted by atomic mass is 9.74. The summed E-state index contributed by atoms with van der Waals surface area (Å²) in [7, 11) is 0. The Morgan fingerprint density at radius 1 is 1.47 bits per heavy atom. The SMILES string of the molecule is CC1CC2=CC(=O)O[C@@]23C[C@@H]1N1CCCC[C@@H]13. The number of piperidine rings is 1. The quantitative estimate of drug-likeness (QED) is 0.598. The molecule has 3 aliphatic heterocycles. The van der Waals surface area contributed by atoms with E-state index >= 15 is 0 Å². The summed E-state index contributed by atoms with van der Waals surface area (Å²) in [5.74, 6) is 0.576. The number of hydrogen-bond donors (Lipinski definition) is 0. The molecule has 4 rings (SSSR count). The lowest BCUT2D eigenvalue weighted by molar-refractivity contribution is -0.148. The lowest BCUT2D eigenvalue weighted by Crippen LogP contribution is -2.48. The monoisotopic (exact) mass is 233 g/mol. The molecule has 3 nitrogen and oxygen atoms in total. The minimum Gasteiger partial charge on any atom is -0.450 e. The number of rotatable bonds is 0. The van der Waals surface area contributed by atoms with Crippen molar-refractivity contribution >= 4 is 5.97 Å². The zero-order valence-corrected chi connectivity index (χ0v) is 10.3. The van der Waals surface area contributed by atoms with Gasteiger partial charge in [0.05, 0.1) is 6.04 Å². The third-order valence-corrected chi connectivity index (χ3v) is 5.34. The first-order valence-electron chi connectivity index (χ1n) is 6.90. The number of carbonyl (C=O) groups excluding carboxylic acids is 1. The maximum Gasteiger partial charge on any atom is 0.331 e. The molecule has 3 heteroatoms. The Hall–Kier alpha value is -0.830. The summed E-state index contributed by atoms with van der Waals surface area (Å²) in [4.78, 5) is 14.3. The average molecular weight is 233 g/mol. The minimum atomic E-state index is -0.214. The van der Waals surface area contributed by atoms with Gasteiger partial charge in [0.1, 0.15) is 0 Å². The van der Waals surface area contributed by atoms with Crippen molar-refractivity contribution in [1.29, 1.82) is 0 Å². The van der Waals surface area contributed by atoms with Gasteiger partial charge in [-0.15, -0.1) is 0 Å². The maximum atomic E-state index is 11.7. The maximum absolute atomic E-state index is 11.7. The van der Waals surface area contributed by atoms with Crippen LogP contribution in [0.4, 0.5) is 0 Å². The van der Waals surface area contributed by atoms with Crippen molar-refractivity contribution in [2.45, 2.75) is 56.7 Å². The minimum absolute atomic E-state index is 0.0970. The first-order valence-corrected chi connectivity index (χ1v) is 6.90. The molecule has 0 radical (unpaired) electrons. The van der Waals surface area contributed by atoms with E-state index in [2.05, 4.69) is 11.8 Å². The van der Waals surface area contributed by atoms with Crippen LogP contribution < -0.4 is 0 Å². The molecule has 0 aromatic carbocycles. The van der Waals surface area contributed by atoms with Gasteiger partial charge < -0.3 is 4.74 Å². The first kappa shape index (κ1) is 10.1. The molecule has 3 fully saturated rings. The van der Waals surface area contributed by atoms with Crippen molar-refractivity contribution in [2.24, 2.45) is 5.92 Å². The van der Waals surface area contributed by atoms with Crippen molar-refractivity contribution < 1.29 is 9.53 Å². The van der Waals surface area contributed by atoms with Crippen molar-refractivity contribution in [2.75, 3.05) is 6.54 Å². The van der Waals surface area contributed by atoms with Crippen molar-refractivity contribution in [1.82, 2.24) is 4.90 Å². The topological polar surface area (TPSA) is 29.5 Å². The van der Waals surface area contributed by atoms with Crippen LogP contribution in [0.1, 0.15) is 39.0 Å². The van der Waals surface area contributed by atoms with E-state index in [1.165, 1.54) is 31.4 Å². The second-order valence-corrected chi connectivity index (χ2v) is 6.18. The Bertz CT molecular complexity index is 416. The van der Waals surface area contributed by atoms with Crippen LogP contribution in [-0.2, 0) is 9.53 Å². The van der Waals surface area contributed by atoms with Crippen LogP contribution >= 0.6 is 0 Å². The highest BCUT2D eigenvalue weighted by atomic mass is 16.6. The van der Waals surface area contributed by atoms with Crippen LogP contribution in [0.25, 0.3) is 0 Å². The fourth-order valence-electron chi connectivity index (χ4n) is 4.65. The molecule has 2 saturated heterocycles. The molecule has 4 atom stereocenters. The van der Waals surface area contributed by atoms with E-state index in [1.54, 1.807) is 6.08 Å². The number of nitrogens with zero attached hydrogens (tertiary/aromatic N) is 1. The Kier molecular flexibility index (Phi) is 1.87. The third kappa shape index (κ3) is 1.13. The van der Waals surface area contributed by atoms with Crippen LogP contribution in [0.2, 0.25) is 0 Å². The molecule has 0 amide bonds. The summed E-state index contributed by atoms with van der Waals surface area (Å²) in [6.45, 7) is 3.53. The number of fused-ring (bicyclic) bond motifs is 3. The van der Waals surface area contributed by atoms with Crippen LogP contribution in [0.5, 0.6) is 0 Å². The molecule has 92 valence electrons. The predicted molar refractivity (Wildman–Crippen MR) is 63.4 cm³/mol. The molecule has 1 spiro atoms. The molecule has 2 bridgehead atoms. The molecule has 3 heterocycles. The van der Waals surface area contributed by atoms with Crippen LogP contribution in [0.15, 0.2) is 11.6 Å². The van der Waals surface area contributed by atoms with Crippen LogP contribution in [0.3, 0.4) is 0 Å². The molecule has 0 aromatic heterocycles. The normalized spacial score (nSPS) is 48.4. The van der Waals surface area contributed by atoms with Gasteiger partial charge in [-0.1, -0.05) is 13.3 Å². The number of ether oxygens (including phenoxy) is 1. The second-order valence-electron chi connectivity index (χ2n) is 6.18. The predicted octanol–water partition coefficient (Wildman–Crippen LogP) is 1.88. The van der Waals surface area contributed by atoms with E-state index in [0.717, 1.165) is 12.8 Å². The Morgan fingerprint density at radius 3 is 3.24 bits per heavy atom. The zero-order valence-electron chi connectivity index (χ0n) is 10.3. The molecule has 0 N–H and O–H groups in total. The number of hydrogen-bond acceptors (Lipinski definition) is 3. The molecule has 4 aliphatic rings. The molecule has 1 saturated carbocycles. The first-order chi connectivity index (χ1) is 8.21. The summed E-state index contributed by atoms with van der Waals surface area (Å²) in [6.07, 6.45) is 7.69. The van der Waals surface area contributed by atoms with Gasteiger partial charge in [-0.2, -0.15) is 0 Å². The highest BCUT2D eigenvalue weighted by Crippen LogP contribution is 2.55. The second kappa shape index (κ2) is 3.14. The Labute approximate surface area is 102 Å². The molecule has 17 heavy (non-hydrogen) atoms. The third-order valence-electron chi connectivity index (χ3n) is 5.34. The van der Waals surface area contributed by atoms with E-state index < -0.39 is 0 Å². The van der Waals surface area contributed by atoms with Crippen molar-refractivity contribution in [3.8, 4) is 0 Å². The van der Waals surface area contributed by atoms with Crippen LogP contribution in [0, 0.1) is 5.92 Å². The lowest BCUT2D eigenvalue weighted by Gasteiger charge is -2.38. The summed E-state index contributed by atoms with van der Waals surface area (Å²) >= 11 is 0. The molecular weight excluding hydrogens is 214 g/mol. The van der Waals surface area contributed by atoms with Crippen molar-refractivity contribution in [3.05, 3.63) is 11.6 Å². The van der Waals surface area contributed by atoms with E-state index in [1.807, 2.05) is 0 Å². The zero-order chi connectivity index (χ0) is 11.6. The largest absolute Gasteiger partial charge is 0.450 e. The number of esters is 1. The van der Waals surface area contributed by atoms with Gasteiger partial charge in [0.25, 0.3) is 0 Å². The van der Waals surface area contributed by atoms with E-state index in [-0.39, 0.29) is 11.6 Å². The fourth-order valence-corrected chi connectivity index (χ4v) is 4.65. The highest BCUT2D eigenvalue weighted by molar-refractivity contribution is 5.87. The summed E-state index contributed by atoms with van der Waals surface area (Å²) < 4.78 is 5.79. The Balaban J connectivity index is 1.81. The summed E-state index contributed by atoms with van der Waals surface area (Å²) in [6, 6.07) is 1.12. The van der Waals surface area contributed by atoms with Gasteiger partial charge in [-0.25, -0.2) is 4.79 Å². The standard InChI is InChI=1S/C14H19NO2/c1-9-6-10-7-13(16)17-14(10)8-11(9)15-5-3-2-4-12(14)15/h7,9,11-12H,2-6,8H2,1H3/t9?,11-,12+,14-/m0/s1. The molecule has 1 aliphatic carbocycles. The number of carbonyl (C=O) groups is 1. The van der Waals surface area contributed by atoms with E-state index in [4.69, 9.17) is 4.74 Å². The van der Waals surface area contributed by atoms with Gasteiger partial charge in [0.2, 0.25) is 0 Å². The van der Waals surface area contributed by atoms with Gasteiger partial charge in [-0.05, 0) is 37.3 Å². The van der Waals surface area contributed by atoms with E-state index in [0.29, 0.717) is 18.0 Å². The van der Waals surface area contributed by atoms with Crippen LogP contribution in [-0.4, -0.2) is 35.1 Å². The highest BCUT2D eigenvalue weighted by Gasteiger charge is 2.62. The average Bonchev–Trinajstić information content (AvgIpc) is 2.79. The molecule has 0 aromatic rings. The molecule has 1 unspecified atom stereocenters. The Morgan fingerprint density at radius 2 is 2.35 bits per heavy atom. The van der Waals surface area contributed by atoms with Crippen molar-refractivity contribution in [3.63, 3.8) is 0 Å². The summed E-state index contributed by atoms with van der Waals surface area (Å²) in [5.41, 5.74) is 1.08. The molecular formula is C14H19NO2. The smallest absolute Gasteiger partial charge is 0.331 e. The van der Waals surface area contributed by atoms with Gasteiger partial charge in [0.15, 0.2) is 5.60 Å². The fraction of sp³-hybridized carbons (Fsp3) is 0.786. The van der Waals surface area contributed by atoms with Gasteiger partial charge >= 0.3 is 5.97 Å².